The number of hydrogen-bond donors (Lipinski definition) is 0. The number of carbonyl (C=O) groups excluding carboxylic acids is 1. The number of fused-ring (bicyclic) bond motifs is 1. The Kier molecular flexibility index (Phi) is 4.17. The second-order valence-corrected chi connectivity index (χ2v) is 7.79. The molecule has 4 rings (SSSR count). The molecular formula is C20H21N3OS. The van der Waals surface area contributed by atoms with Crippen molar-refractivity contribution in [3.63, 3.8) is 0 Å². The van der Waals surface area contributed by atoms with Crippen molar-refractivity contribution in [3.05, 3.63) is 57.8 Å². The lowest BCUT2D eigenvalue weighted by molar-refractivity contribution is 0.0751. The van der Waals surface area contributed by atoms with Gasteiger partial charge >= 0.3 is 0 Å². The Bertz CT molecular complexity index is 926. The van der Waals surface area contributed by atoms with Gasteiger partial charge in [0.2, 0.25) is 0 Å². The Morgan fingerprint density at radius 3 is 2.52 bits per heavy atom. The van der Waals surface area contributed by atoms with Crippen molar-refractivity contribution in [1.29, 1.82) is 0 Å². The first-order valence-corrected chi connectivity index (χ1v) is 9.40. The summed E-state index contributed by atoms with van der Waals surface area (Å²) in [5.41, 5.74) is 2.28. The van der Waals surface area contributed by atoms with Gasteiger partial charge in [0.15, 0.2) is 0 Å². The lowest BCUT2D eigenvalue weighted by Crippen LogP contribution is -2.48. The molecule has 1 fully saturated rings. The molecule has 1 amide bonds. The molecule has 5 heteroatoms. The van der Waals surface area contributed by atoms with Crippen LogP contribution in [0.5, 0.6) is 0 Å². The van der Waals surface area contributed by atoms with Gasteiger partial charge in [0, 0.05) is 36.4 Å². The molecule has 25 heavy (non-hydrogen) atoms. The summed E-state index contributed by atoms with van der Waals surface area (Å²) in [4.78, 5) is 23.7. The van der Waals surface area contributed by atoms with Crippen molar-refractivity contribution in [1.82, 2.24) is 9.88 Å². The molecule has 0 bridgehead atoms. The average molecular weight is 351 g/mol. The van der Waals surface area contributed by atoms with Crippen LogP contribution < -0.4 is 4.90 Å². The van der Waals surface area contributed by atoms with Crippen molar-refractivity contribution in [2.45, 2.75) is 13.8 Å². The Labute approximate surface area is 151 Å². The molecule has 1 aliphatic heterocycles. The van der Waals surface area contributed by atoms with Crippen LogP contribution in [0.15, 0.2) is 42.5 Å². The van der Waals surface area contributed by atoms with E-state index < -0.39 is 0 Å². The van der Waals surface area contributed by atoms with Crippen LogP contribution in [0.4, 0.5) is 5.82 Å². The number of amides is 1. The molecule has 3 heterocycles. The van der Waals surface area contributed by atoms with Gasteiger partial charge in [-0.1, -0.05) is 18.2 Å². The SMILES string of the molecule is Cc1ccc(C(=O)N2CCN(c3cc(C)c4ccccc4n3)CC2)s1. The van der Waals surface area contributed by atoms with Crippen molar-refractivity contribution in [2.24, 2.45) is 0 Å². The molecular weight excluding hydrogens is 330 g/mol. The van der Waals surface area contributed by atoms with Gasteiger partial charge in [-0.3, -0.25) is 4.79 Å². The van der Waals surface area contributed by atoms with Crippen molar-refractivity contribution >= 4 is 34.0 Å². The summed E-state index contributed by atoms with van der Waals surface area (Å²) in [5.74, 6) is 1.16. The summed E-state index contributed by atoms with van der Waals surface area (Å²) in [6.07, 6.45) is 0. The van der Waals surface area contributed by atoms with Crippen LogP contribution in [-0.2, 0) is 0 Å². The number of nitrogens with zero attached hydrogens (tertiary/aromatic N) is 3. The number of pyridine rings is 1. The van der Waals surface area contributed by atoms with Gasteiger partial charge in [-0.15, -0.1) is 11.3 Å². The Hall–Kier alpha value is -2.40. The number of piperazine rings is 1. The number of hydrogen-bond acceptors (Lipinski definition) is 4. The van der Waals surface area contributed by atoms with E-state index in [1.165, 1.54) is 15.8 Å². The number of rotatable bonds is 2. The number of carbonyl (C=O) groups is 1. The molecule has 1 aliphatic rings. The van der Waals surface area contributed by atoms with Crippen LogP contribution in [-0.4, -0.2) is 42.0 Å². The van der Waals surface area contributed by atoms with E-state index in [1.54, 1.807) is 11.3 Å². The van der Waals surface area contributed by atoms with Crippen molar-refractivity contribution in [3.8, 4) is 0 Å². The first kappa shape index (κ1) is 16.1. The number of thiophene rings is 1. The smallest absolute Gasteiger partial charge is 0.264 e. The molecule has 0 unspecified atom stereocenters. The summed E-state index contributed by atoms with van der Waals surface area (Å²) in [7, 11) is 0. The monoisotopic (exact) mass is 351 g/mol. The lowest BCUT2D eigenvalue weighted by atomic mass is 10.1. The minimum absolute atomic E-state index is 0.153. The quantitative estimate of drug-likeness (QED) is 0.703. The zero-order valence-corrected chi connectivity index (χ0v) is 15.3. The zero-order chi connectivity index (χ0) is 17.4. The highest BCUT2D eigenvalue weighted by atomic mass is 32.1. The molecule has 0 aliphatic carbocycles. The topological polar surface area (TPSA) is 36.4 Å². The summed E-state index contributed by atoms with van der Waals surface area (Å²) >= 11 is 1.57. The van der Waals surface area contributed by atoms with Crippen molar-refractivity contribution in [2.75, 3.05) is 31.1 Å². The number of anilines is 1. The molecule has 1 aromatic carbocycles. The summed E-state index contributed by atoms with van der Waals surface area (Å²) < 4.78 is 0. The molecule has 0 radical (unpaired) electrons. The van der Waals surface area contributed by atoms with Gasteiger partial charge in [0.05, 0.1) is 10.4 Å². The molecule has 0 N–H and O–H groups in total. The number of benzene rings is 1. The van der Waals surface area contributed by atoms with Crippen LogP contribution in [0.1, 0.15) is 20.1 Å². The van der Waals surface area contributed by atoms with E-state index in [1.807, 2.05) is 36.1 Å². The fourth-order valence-corrected chi connectivity index (χ4v) is 4.17. The molecule has 0 spiro atoms. The molecule has 0 saturated carbocycles. The van der Waals surface area contributed by atoms with Crippen LogP contribution in [0.25, 0.3) is 10.9 Å². The largest absolute Gasteiger partial charge is 0.353 e. The van der Waals surface area contributed by atoms with Crippen LogP contribution in [0.2, 0.25) is 0 Å². The number of aromatic nitrogens is 1. The Balaban J connectivity index is 1.49. The third-order valence-corrected chi connectivity index (χ3v) is 5.74. The van der Waals surface area contributed by atoms with Gasteiger partial charge < -0.3 is 9.80 Å². The van der Waals surface area contributed by atoms with Gasteiger partial charge in [0.25, 0.3) is 5.91 Å². The van der Waals surface area contributed by atoms with Gasteiger partial charge in [0.1, 0.15) is 5.82 Å². The van der Waals surface area contributed by atoms with Gasteiger partial charge in [-0.25, -0.2) is 4.98 Å². The fourth-order valence-electron chi connectivity index (χ4n) is 3.34. The van der Waals surface area contributed by atoms with Gasteiger partial charge in [-0.05, 0) is 43.7 Å². The molecule has 4 nitrogen and oxygen atoms in total. The minimum atomic E-state index is 0.153. The highest BCUT2D eigenvalue weighted by Crippen LogP contribution is 2.24. The second-order valence-electron chi connectivity index (χ2n) is 6.50. The number of aryl methyl sites for hydroxylation is 2. The molecule has 128 valence electrons. The minimum Gasteiger partial charge on any atom is -0.353 e. The van der Waals surface area contributed by atoms with E-state index in [2.05, 4.69) is 30.0 Å². The maximum absolute atomic E-state index is 12.6. The molecule has 0 atom stereocenters. The Morgan fingerprint density at radius 1 is 1.04 bits per heavy atom. The molecule has 1 saturated heterocycles. The average Bonchev–Trinajstić information content (AvgIpc) is 3.07. The van der Waals surface area contributed by atoms with Gasteiger partial charge in [-0.2, -0.15) is 0 Å². The van der Waals surface area contributed by atoms with E-state index in [4.69, 9.17) is 4.98 Å². The van der Waals surface area contributed by atoms with E-state index >= 15 is 0 Å². The predicted octanol–water partition coefficient (Wildman–Crippen LogP) is 3.88. The Morgan fingerprint density at radius 2 is 1.80 bits per heavy atom. The number of para-hydroxylation sites is 1. The lowest BCUT2D eigenvalue weighted by Gasteiger charge is -2.35. The normalized spacial score (nSPS) is 15.0. The van der Waals surface area contributed by atoms with E-state index in [0.717, 1.165) is 42.4 Å². The van der Waals surface area contributed by atoms with Crippen LogP contribution in [0, 0.1) is 13.8 Å². The van der Waals surface area contributed by atoms with Crippen LogP contribution >= 0.6 is 11.3 Å². The maximum Gasteiger partial charge on any atom is 0.264 e. The zero-order valence-electron chi connectivity index (χ0n) is 14.5. The third kappa shape index (κ3) is 3.12. The molecule has 2 aromatic heterocycles. The maximum atomic E-state index is 12.6. The second kappa shape index (κ2) is 6.48. The summed E-state index contributed by atoms with van der Waals surface area (Å²) in [5, 5.41) is 1.20. The molecule has 3 aromatic rings. The van der Waals surface area contributed by atoms with E-state index in [-0.39, 0.29) is 5.91 Å². The van der Waals surface area contributed by atoms with E-state index in [9.17, 15) is 4.79 Å². The van der Waals surface area contributed by atoms with E-state index in [0.29, 0.717) is 0 Å². The highest BCUT2D eigenvalue weighted by Gasteiger charge is 2.24. The standard InChI is InChI=1S/C20H21N3OS/c1-14-13-19(21-17-6-4-3-5-16(14)17)22-9-11-23(12-10-22)20(24)18-8-7-15(2)25-18/h3-8,13H,9-12H2,1-2H3. The first-order valence-electron chi connectivity index (χ1n) is 8.59. The van der Waals surface area contributed by atoms with Crippen LogP contribution in [0.3, 0.4) is 0 Å². The highest BCUT2D eigenvalue weighted by molar-refractivity contribution is 7.13. The third-order valence-electron chi connectivity index (χ3n) is 4.75. The predicted molar refractivity (Wildman–Crippen MR) is 104 cm³/mol. The van der Waals surface area contributed by atoms with Crippen molar-refractivity contribution < 1.29 is 4.79 Å². The summed E-state index contributed by atoms with van der Waals surface area (Å²) in [6, 6.07) is 14.3. The fraction of sp³-hybridized carbons (Fsp3) is 0.300. The first-order chi connectivity index (χ1) is 12.1. The summed E-state index contributed by atoms with van der Waals surface area (Å²) in [6.45, 7) is 7.29.